The summed E-state index contributed by atoms with van der Waals surface area (Å²) in [6, 6.07) is 15.2. The van der Waals surface area contributed by atoms with Gasteiger partial charge in [0, 0.05) is 24.0 Å². The van der Waals surface area contributed by atoms with E-state index < -0.39 is 0 Å². The van der Waals surface area contributed by atoms with E-state index in [1.165, 1.54) is 7.11 Å². The zero-order valence-electron chi connectivity index (χ0n) is 16.9. The average Bonchev–Trinajstić information content (AvgIpc) is 2.79. The van der Waals surface area contributed by atoms with Crippen LogP contribution in [0.1, 0.15) is 34.5 Å². The number of hydrogen-bond donors (Lipinski definition) is 1. The van der Waals surface area contributed by atoms with Gasteiger partial charge in [0.1, 0.15) is 18.0 Å². The number of nitrogens with zero attached hydrogens (tertiary/aromatic N) is 3. The van der Waals surface area contributed by atoms with Crippen molar-refractivity contribution in [1.82, 2.24) is 9.97 Å². The van der Waals surface area contributed by atoms with Gasteiger partial charge in [0.15, 0.2) is 5.82 Å². The van der Waals surface area contributed by atoms with E-state index in [4.69, 9.17) is 9.47 Å². The molecule has 3 heterocycles. The maximum Gasteiger partial charge on any atom is 0.337 e. The number of benzene rings is 1. The quantitative estimate of drug-likeness (QED) is 0.633. The first-order chi connectivity index (χ1) is 14.7. The standard InChI is InChI=1S/C23H22N4O3/c1-16(18-5-7-19(8-6-18)23(28)29-2)26-22-21-20(9-11-25-22)30-13-12-27(21)15-17-4-3-10-24-14-17/h5-11,14,16H,12-13,15H2,1-2H3,(H,25,26)/t16-/m0/s1. The Hall–Kier alpha value is -3.79. The fourth-order valence-electron chi connectivity index (χ4n) is 3.42. The molecule has 0 radical (unpaired) electrons. The van der Waals surface area contributed by atoms with Gasteiger partial charge < -0.3 is 19.7 Å². The van der Waals surface area contributed by atoms with Crippen molar-refractivity contribution in [2.24, 2.45) is 0 Å². The highest BCUT2D eigenvalue weighted by molar-refractivity contribution is 5.89. The number of rotatable bonds is 6. The van der Waals surface area contributed by atoms with Crippen molar-refractivity contribution >= 4 is 17.5 Å². The molecule has 0 aliphatic carbocycles. The molecular weight excluding hydrogens is 380 g/mol. The van der Waals surface area contributed by atoms with E-state index in [2.05, 4.69) is 32.3 Å². The Bertz CT molecular complexity index is 1010. The monoisotopic (exact) mass is 402 g/mol. The molecule has 4 rings (SSSR count). The molecular formula is C23H22N4O3. The second-order valence-electron chi connectivity index (χ2n) is 6.96. The summed E-state index contributed by atoms with van der Waals surface area (Å²) < 4.78 is 10.6. The molecule has 0 spiro atoms. The number of aromatic nitrogens is 2. The second-order valence-corrected chi connectivity index (χ2v) is 6.96. The molecule has 30 heavy (non-hydrogen) atoms. The third-order valence-electron chi connectivity index (χ3n) is 4.97. The first-order valence-corrected chi connectivity index (χ1v) is 9.69. The number of carbonyl (C=O) groups excluding carboxylic acids is 1. The summed E-state index contributed by atoms with van der Waals surface area (Å²) in [4.78, 5) is 22.6. The number of pyridine rings is 1. The van der Waals surface area contributed by atoms with Crippen LogP contribution in [0.5, 0.6) is 5.75 Å². The van der Waals surface area contributed by atoms with Crippen LogP contribution in [0.2, 0.25) is 0 Å². The van der Waals surface area contributed by atoms with Gasteiger partial charge in [-0.3, -0.25) is 4.98 Å². The van der Waals surface area contributed by atoms with Gasteiger partial charge in [-0.2, -0.15) is 0 Å². The molecule has 0 saturated heterocycles. The minimum atomic E-state index is -0.349. The van der Waals surface area contributed by atoms with Crippen molar-refractivity contribution < 1.29 is 14.3 Å². The third-order valence-corrected chi connectivity index (χ3v) is 4.97. The molecule has 7 heteroatoms. The lowest BCUT2D eigenvalue weighted by Gasteiger charge is -2.33. The SMILES string of the molecule is COC(=O)c1ccc([C@H](C)Nc2nccc3c2N(Cc2c#ccnc2)CCO3)cc1. The topological polar surface area (TPSA) is 76.6 Å². The van der Waals surface area contributed by atoms with Crippen LogP contribution in [0.4, 0.5) is 11.5 Å². The highest BCUT2D eigenvalue weighted by Crippen LogP contribution is 2.39. The fourth-order valence-corrected chi connectivity index (χ4v) is 3.42. The van der Waals surface area contributed by atoms with E-state index in [0.29, 0.717) is 18.7 Å². The molecule has 1 aromatic carbocycles. The molecule has 0 bridgehead atoms. The number of carbonyl (C=O) groups is 1. The van der Waals surface area contributed by atoms with Crippen molar-refractivity contribution in [3.05, 3.63) is 77.7 Å². The highest BCUT2D eigenvalue weighted by Gasteiger charge is 2.24. The minimum absolute atomic E-state index is 0.0299. The van der Waals surface area contributed by atoms with Gasteiger partial charge in [-0.25, -0.2) is 9.78 Å². The number of nitrogens with one attached hydrogen (secondary N) is 1. The van der Waals surface area contributed by atoms with Crippen molar-refractivity contribution in [2.75, 3.05) is 30.5 Å². The molecule has 0 saturated carbocycles. The van der Waals surface area contributed by atoms with Crippen LogP contribution in [0, 0.1) is 12.1 Å². The molecule has 1 N–H and O–H groups in total. The lowest BCUT2D eigenvalue weighted by Crippen LogP contribution is -2.33. The number of fused-ring (bicyclic) bond motifs is 1. The summed E-state index contributed by atoms with van der Waals surface area (Å²) in [6.07, 6.45) is 5.13. The van der Waals surface area contributed by atoms with Crippen LogP contribution in [0.3, 0.4) is 0 Å². The van der Waals surface area contributed by atoms with Crippen molar-refractivity contribution in [3.63, 3.8) is 0 Å². The third kappa shape index (κ3) is 4.13. The molecule has 0 fully saturated rings. The lowest BCUT2D eigenvalue weighted by molar-refractivity contribution is 0.0600. The van der Waals surface area contributed by atoms with Crippen LogP contribution < -0.4 is 15.0 Å². The molecule has 1 atom stereocenters. The second kappa shape index (κ2) is 8.70. The molecule has 0 unspecified atom stereocenters. The van der Waals surface area contributed by atoms with Gasteiger partial charge in [-0.05, 0) is 30.7 Å². The first kappa shape index (κ1) is 19.5. The van der Waals surface area contributed by atoms with E-state index in [1.807, 2.05) is 25.1 Å². The van der Waals surface area contributed by atoms with Gasteiger partial charge in [-0.15, -0.1) is 0 Å². The van der Waals surface area contributed by atoms with E-state index in [9.17, 15) is 4.79 Å². The largest absolute Gasteiger partial charge is 0.489 e. The van der Waals surface area contributed by atoms with Crippen LogP contribution in [-0.2, 0) is 11.3 Å². The van der Waals surface area contributed by atoms with Crippen LogP contribution in [0.15, 0.2) is 48.9 Å². The molecule has 2 aromatic heterocycles. The summed E-state index contributed by atoms with van der Waals surface area (Å²) >= 11 is 0. The van der Waals surface area contributed by atoms with Crippen molar-refractivity contribution in [2.45, 2.75) is 19.5 Å². The summed E-state index contributed by atoms with van der Waals surface area (Å²) in [5.74, 6) is 1.18. The summed E-state index contributed by atoms with van der Waals surface area (Å²) in [5.41, 5.74) is 3.42. The Morgan fingerprint density at radius 2 is 2.17 bits per heavy atom. The highest BCUT2D eigenvalue weighted by atomic mass is 16.5. The van der Waals surface area contributed by atoms with Gasteiger partial charge in [0.05, 0.1) is 38.0 Å². The van der Waals surface area contributed by atoms with E-state index in [-0.39, 0.29) is 12.0 Å². The summed E-state index contributed by atoms with van der Waals surface area (Å²) in [5, 5.41) is 3.48. The smallest absolute Gasteiger partial charge is 0.337 e. The number of anilines is 2. The van der Waals surface area contributed by atoms with Crippen LogP contribution in [-0.4, -0.2) is 36.2 Å². The van der Waals surface area contributed by atoms with Gasteiger partial charge in [0.25, 0.3) is 0 Å². The Kier molecular flexibility index (Phi) is 5.66. The number of esters is 1. The number of ether oxygens (including phenoxy) is 2. The fraction of sp³-hybridized carbons (Fsp3) is 0.261. The maximum atomic E-state index is 11.7. The van der Waals surface area contributed by atoms with Crippen LogP contribution >= 0.6 is 0 Å². The van der Waals surface area contributed by atoms with Gasteiger partial charge in [0.2, 0.25) is 0 Å². The predicted molar refractivity (Wildman–Crippen MR) is 113 cm³/mol. The average molecular weight is 402 g/mol. The predicted octanol–water partition coefficient (Wildman–Crippen LogP) is 3.44. The molecule has 3 aromatic rings. The Morgan fingerprint density at radius 3 is 2.90 bits per heavy atom. The number of hydrogen-bond acceptors (Lipinski definition) is 7. The Labute approximate surface area is 175 Å². The minimum Gasteiger partial charge on any atom is -0.489 e. The Balaban J connectivity index is 1.57. The lowest BCUT2D eigenvalue weighted by atomic mass is 10.1. The van der Waals surface area contributed by atoms with E-state index >= 15 is 0 Å². The van der Waals surface area contributed by atoms with Crippen molar-refractivity contribution in [3.8, 4) is 5.75 Å². The molecule has 1 aliphatic heterocycles. The van der Waals surface area contributed by atoms with Crippen molar-refractivity contribution in [1.29, 1.82) is 0 Å². The summed E-state index contributed by atoms with van der Waals surface area (Å²) in [7, 11) is 1.37. The van der Waals surface area contributed by atoms with E-state index in [1.54, 1.807) is 30.7 Å². The maximum absolute atomic E-state index is 11.7. The zero-order chi connectivity index (χ0) is 20.9. The normalized spacial score (nSPS) is 13.5. The molecule has 7 nitrogen and oxygen atoms in total. The van der Waals surface area contributed by atoms with Crippen LogP contribution in [0.25, 0.3) is 0 Å². The summed E-state index contributed by atoms with van der Waals surface area (Å²) in [6.45, 7) is 4.03. The molecule has 0 amide bonds. The van der Waals surface area contributed by atoms with E-state index in [0.717, 1.165) is 34.9 Å². The first-order valence-electron chi connectivity index (χ1n) is 9.69. The molecule has 1 aliphatic rings. The van der Waals surface area contributed by atoms with Gasteiger partial charge >= 0.3 is 5.97 Å². The van der Waals surface area contributed by atoms with Gasteiger partial charge in [-0.1, -0.05) is 18.2 Å². The number of methoxy groups -OCH3 is 1. The Morgan fingerprint density at radius 1 is 1.33 bits per heavy atom. The zero-order valence-corrected chi connectivity index (χ0v) is 16.9. The molecule has 152 valence electrons.